The smallest absolute Gasteiger partial charge is 0.260 e. The number of nitrogens with one attached hydrogen (secondary N) is 1. The second-order valence-corrected chi connectivity index (χ2v) is 10.5. The Labute approximate surface area is 206 Å². The second-order valence-electron chi connectivity index (χ2n) is 10.5. The average Bonchev–Trinajstić information content (AvgIpc) is 2.84. The van der Waals surface area contributed by atoms with Crippen LogP contribution in [0.1, 0.15) is 72.9 Å². The van der Waals surface area contributed by atoms with Gasteiger partial charge in [-0.15, -0.1) is 0 Å². The maximum absolute atomic E-state index is 13.1. The lowest BCUT2D eigenvalue weighted by molar-refractivity contribution is -0.135. The van der Waals surface area contributed by atoms with E-state index in [4.69, 9.17) is 0 Å². The number of carbonyl (C=O) groups is 4. The minimum absolute atomic E-state index is 0.145. The molecule has 4 amide bonds. The third-order valence-corrected chi connectivity index (χ3v) is 7.22. The summed E-state index contributed by atoms with van der Waals surface area (Å²) in [7, 11) is 0. The minimum Gasteiger partial charge on any atom is -0.312 e. The molecule has 0 aliphatic carbocycles. The first-order valence-corrected chi connectivity index (χ1v) is 12.1. The van der Waals surface area contributed by atoms with Gasteiger partial charge in [-0.3, -0.25) is 29.0 Å². The highest BCUT2D eigenvalue weighted by atomic mass is 16.2. The Morgan fingerprint density at radius 2 is 1.20 bits per heavy atom. The van der Waals surface area contributed by atoms with E-state index in [1.807, 2.05) is 71.0 Å². The molecule has 1 unspecified atom stereocenters. The fourth-order valence-electron chi connectivity index (χ4n) is 5.10. The number of benzene rings is 2. The molecular weight excluding hydrogens is 442 g/mol. The van der Waals surface area contributed by atoms with E-state index in [9.17, 15) is 19.2 Å². The summed E-state index contributed by atoms with van der Waals surface area (Å²) in [5, 5.41) is 3.34. The normalized spacial score (nSPS) is 19.5. The molecule has 0 bridgehead atoms. The van der Waals surface area contributed by atoms with Crippen LogP contribution >= 0.6 is 0 Å². The van der Waals surface area contributed by atoms with Crippen molar-refractivity contribution in [1.29, 1.82) is 0 Å². The van der Waals surface area contributed by atoms with Gasteiger partial charge in [-0.25, -0.2) is 0 Å². The zero-order chi connectivity index (χ0) is 25.5. The molecule has 4 rings (SSSR count). The Morgan fingerprint density at radius 1 is 0.743 bits per heavy atom. The highest BCUT2D eigenvalue weighted by molar-refractivity contribution is 6.13. The Balaban J connectivity index is 1.35. The first-order chi connectivity index (χ1) is 16.5. The van der Waals surface area contributed by atoms with Crippen LogP contribution in [0, 0.1) is 0 Å². The summed E-state index contributed by atoms with van der Waals surface area (Å²) in [6.45, 7) is 10.4. The van der Waals surface area contributed by atoms with Crippen molar-refractivity contribution in [2.75, 3.05) is 19.6 Å². The maximum atomic E-state index is 13.1. The molecule has 0 spiro atoms. The van der Waals surface area contributed by atoms with Crippen LogP contribution in [0.2, 0.25) is 0 Å². The van der Waals surface area contributed by atoms with Gasteiger partial charge in [-0.2, -0.15) is 0 Å². The zero-order valence-electron chi connectivity index (χ0n) is 21.1. The molecule has 0 fully saturated rings. The van der Waals surface area contributed by atoms with Crippen molar-refractivity contribution in [2.45, 2.75) is 57.9 Å². The number of imide groups is 2. The first kappa shape index (κ1) is 24.8. The number of hydrogen-bond donors (Lipinski definition) is 1. The molecule has 2 heterocycles. The Hall–Kier alpha value is -3.32. The Bertz CT molecular complexity index is 1200. The summed E-state index contributed by atoms with van der Waals surface area (Å²) < 4.78 is 0. The van der Waals surface area contributed by atoms with Crippen molar-refractivity contribution in [1.82, 2.24) is 15.1 Å². The van der Waals surface area contributed by atoms with E-state index in [1.165, 1.54) is 9.80 Å². The van der Waals surface area contributed by atoms with Crippen molar-refractivity contribution in [3.63, 3.8) is 0 Å². The number of hydrogen-bond acceptors (Lipinski definition) is 5. The molecule has 0 saturated heterocycles. The molecule has 0 saturated carbocycles. The fourth-order valence-corrected chi connectivity index (χ4v) is 5.10. The highest BCUT2D eigenvalue weighted by Crippen LogP contribution is 2.35. The van der Waals surface area contributed by atoms with Crippen LogP contribution in [-0.2, 0) is 20.4 Å². The standard InChI is InChI=1S/C28H33N3O4/c1-18(17-31-24(33)20-12-7-9-14-22(20)28(4,5)26(31)35)29-15-10-16-30-23(32)19-11-6-8-13-21(19)27(2,3)25(30)34/h6-9,11-14,18,29H,10,15-17H2,1-5H3. The zero-order valence-corrected chi connectivity index (χ0v) is 21.1. The van der Waals surface area contributed by atoms with E-state index >= 15 is 0 Å². The molecular formula is C28H33N3O4. The monoisotopic (exact) mass is 475 g/mol. The summed E-state index contributed by atoms with van der Waals surface area (Å²) in [5.74, 6) is -0.938. The largest absolute Gasteiger partial charge is 0.312 e. The van der Waals surface area contributed by atoms with Gasteiger partial charge in [0.25, 0.3) is 11.8 Å². The van der Waals surface area contributed by atoms with Gasteiger partial charge in [0, 0.05) is 30.3 Å². The van der Waals surface area contributed by atoms with Crippen LogP contribution in [-0.4, -0.2) is 59.1 Å². The van der Waals surface area contributed by atoms with Crippen molar-refractivity contribution in [3.05, 3.63) is 70.8 Å². The number of amides is 4. The second kappa shape index (κ2) is 9.04. The Morgan fingerprint density at radius 3 is 1.74 bits per heavy atom. The number of carbonyl (C=O) groups excluding carboxylic acids is 4. The van der Waals surface area contributed by atoms with E-state index in [2.05, 4.69) is 5.32 Å². The predicted octanol–water partition coefficient (Wildman–Crippen LogP) is 3.28. The van der Waals surface area contributed by atoms with Crippen molar-refractivity contribution in [2.24, 2.45) is 0 Å². The van der Waals surface area contributed by atoms with Crippen molar-refractivity contribution >= 4 is 23.6 Å². The van der Waals surface area contributed by atoms with Crippen molar-refractivity contribution < 1.29 is 19.2 Å². The van der Waals surface area contributed by atoms with Gasteiger partial charge in [0.05, 0.1) is 10.8 Å². The number of nitrogens with zero attached hydrogens (tertiary/aromatic N) is 2. The van der Waals surface area contributed by atoms with Gasteiger partial charge in [0.2, 0.25) is 11.8 Å². The molecule has 7 nitrogen and oxygen atoms in total. The molecule has 35 heavy (non-hydrogen) atoms. The number of rotatable bonds is 7. The molecule has 0 radical (unpaired) electrons. The van der Waals surface area contributed by atoms with Gasteiger partial charge >= 0.3 is 0 Å². The van der Waals surface area contributed by atoms with Gasteiger partial charge in [-0.1, -0.05) is 36.4 Å². The van der Waals surface area contributed by atoms with E-state index in [1.54, 1.807) is 12.1 Å². The molecule has 0 aromatic heterocycles. The Kier molecular flexibility index (Phi) is 6.40. The molecule has 2 aromatic carbocycles. The lowest BCUT2D eigenvalue weighted by atomic mass is 9.77. The summed E-state index contributed by atoms with van der Waals surface area (Å²) in [4.78, 5) is 54.8. The quantitative estimate of drug-likeness (QED) is 0.491. The van der Waals surface area contributed by atoms with Crippen LogP contribution in [0.3, 0.4) is 0 Å². The average molecular weight is 476 g/mol. The molecule has 7 heteroatoms. The highest BCUT2D eigenvalue weighted by Gasteiger charge is 2.45. The molecule has 2 aromatic rings. The van der Waals surface area contributed by atoms with E-state index in [-0.39, 0.29) is 36.2 Å². The van der Waals surface area contributed by atoms with Crippen LogP contribution in [0.4, 0.5) is 0 Å². The molecule has 2 aliphatic heterocycles. The summed E-state index contributed by atoms with van der Waals surface area (Å²) in [6, 6.07) is 14.4. The van der Waals surface area contributed by atoms with Gasteiger partial charge < -0.3 is 5.32 Å². The van der Waals surface area contributed by atoms with Crippen molar-refractivity contribution in [3.8, 4) is 0 Å². The first-order valence-electron chi connectivity index (χ1n) is 12.1. The maximum Gasteiger partial charge on any atom is 0.260 e. The third kappa shape index (κ3) is 4.18. The molecule has 184 valence electrons. The predicted molar refractivity (Wildman–Crippen MR) is 133 cm³/mol. The van der Waals surface area contributed by atoms with Crippen LogP contribution in [0.25, 0.3) is 0 Å². The van der Waals surface area contributed by atoms with Gasteiger partial charge in [0.1, 0.15) is 0 Å². The summed E-state index contributed by atoms with van der Waals surface area (Å²) in [5.41, 5.74) is 1.12. The van der Waals surface area contributed by atoms with Crippen LogP contribution in [0.5, 0.6) is 0 Å². The number of fused-ring (bicyclic) bond motifs is 2. The lowest BCUT2D eigenvalue weighted by Gasteiger charge is -2.38. The van der Waals surface area contributed by atoms with Gasteiger partial charge in [-0.05, 0) is 70.8 Å². The molecule has 1 atom stereocenters. The topological polar surface area (TPSA) is 86.8 Å². The molecule has 1 N–H and O–H groups in total. The molecule has 2 aliphatic rings. The van der Waals surface area contributed by atoms with Crippen LogP contribution < -0.4 is 5.32 Å². The van der Waals surface area contributed by atoms with Crippen LogP contribution in [0.15, 0.2) is 48.5 Å². The minimum atomic E-state index is -0.775. The van der Waals surface area contributed by atoms with E-state index in [0.29, 0.717) is 30.6 Å². The van der Waals surface area contributed by atoms with E-state index < -0.39 is 10.8 Å². The lowest BCUT2D eigenvalue weighted by Crippen LogP contribution is -2.55. The summed E-state index contributed by atoms with van der Waals surface area (Å²) >= 11 is 0. The summed E-state index contributed by atoms with van der Waals surface area (Å²) in [6.07, 6.45) is 0.566. The SMILES string of the molecule is CC(CN1C(=O)c2ccccc2C(C)(C)C1=O)NCCCN1C(=O)c2ccccc2C(C)(C)C1=O. The third-order valence-electron chi connectivity index (χ3n) is 7.22. The van der Waals surface area contributed by atoms with Gasteiger partial charge in [0.15, 0.2) is 0 Å². The van der Waals surface area contributed by atoms with E-state index in [0.717, 1.165) is 11.1 Å². The fraction of sp³-hybridized carbons (Fsp3) is 0.429.